The molecule has 1 unspecified atom stereocenters. The number of nitrogens with zero attached hydrogens (tertiary/aromatic N) is 9. The molecule has 322 valence electrons. The lowest BCUT2D eigenvalue weighted by Gasteiger charge is -2.42. The van der Waals surface area contributed by atoms with E-state index >= 15 is 0 Å². The Morgan fingerprint density at radius 3 is 2.31 bits per heavy atom. The number of nitrogens with two attached hydrogens (primary N) is 1. The highest BCUT2D eigenvalue weighted by atomic mass is 16.5. The molecule has 0 saturated carbocycles. The fraction of sp³-hybridized carbons (Fsp3) is 0.447. The normalized spacial score (nSPS) is 22.0. The third-order valence-corrected chi connectivity index (χ3v) is 13.7. The molecule has 3 amide bonds. The summed E-state index contributed by atoms with van der Waals surface area (Å²) in [5.74, 6) is 1.23. The van der Waals surface area contributed by atoms with Gasteiger partial charge in [-0.25, -0.2) is 14.6 Å². The SMILES string of the molecule is Nc1ncnc2c1c(-c1ccc(Oc3ccccc3)cc1)nn2[C@@H]1CCCN(C2CCN(CCCN3CCN(c4ccc5c(c4)CN(C4CCC(=O)NC4=O)C5=O)CC3)CC2)C1. The number of imide groups is 1. The van der Waals surface area contributed by atoms with Crippen LogP contribution < -0.4 is 20.7 Å². The van der Waals surface area contributed by atoms with Gasteiger partial charge in [-0.15, -0.1) is 0 Å². The number of para-hydroxylation sites is 1. The summed E-state index contributed by atoms with van der Waals surface area (Å²) >= 11 is 0. The first-order chi connectivity index (χ1) is 30.3. The van der Waals surface area contributed by atoms with Crippen molar-refractivity contribution >= 4 is 40.3 Å². The number of nitrogen functional groups attached to an aromatic ring is 1. The number of rotatable bonds is 11. The van der Waals surface area contributed by atoms with Gasteiger partial charge in [0.1, 0.15) is 35.4 Å². The van der Waals surface area contributed by atoms with Crippen molar-refractivity contribution in [2.75, 3.05) is 76.1 Å². The zero-order valence-electron chi connectivity index (χ0n) is 35.2. The van der Waals surface area contributed by atoms with E-state index in [0.29, 0.717) is 30.4 Å². The topological polar surface area (TPSA) is 158 Å². The minimum Gasteiger partial charge on any atom is -0.457 e. The molecule has 0 aliphatic carbocycles. The first-order valence-corrected chi connectivity index (χ1v) is 22.4. The molecule has 15 nitrogen and oxygen atoms in total. The van der Waals surface area contributed by atoms with E-state index in [4.69, 9.17) is 20.6 Å². The molecule has 2 aromatic heterocycles. The van der Waals surface area contributed by atoms with Gasteiger partial charge < -0.3 is 25.2 Å². The number of anilines is 2. The number of amides is 3. The highest BCUT2D eigenvalue weighted by Gasteiger charge is 2.39. The van der Waals surface area contributed by atoms with Gasteiger partial charge in [0, 0.05) is 68.5 Å². The van der Waals surface area contributed by atoms with Crippen LogP contribution in [0.4, 0.5) is 11.5 Å². The van der Waals surface area contributed by atoms with E-state index in [1.54, 1.807) is 11.2 Å². The molecule has 4 fully saturated rings. The quantitative estimate of drug-likeness (QED) is 0.173. The van der Waals surface area contributed by atoms with Crippen LogP contribution >= 0.6 is 0 Å². The number of piperazine rings is 1. The number of piperidine rings is 3. The van der Waals surface area contributed by atoms with E-state index in [0.717, 1.165) is 130 Å². The molecule has 4 saturated heterocycles. The van der Waals surface area contributed by atoms with E-state index in [-0.39, 0.29) is 30.2 Å². The fourth-order valence-corrected chi connectivity index (χ4v) is 10.3. The maximum Gasteiger partial charge on any atom is 0.255 e. The monoisotopic (exact) mass is 837 g/mol. The van der Waals surface area contributed by atoms with Crippen molar-refractivity contribution in [3.8, 4) is 22.8 Å². The molecule has 10 rings (SSSR count). The highest BCUT2D eigenvalue weighted by molar-refractivity contribution is 6.05. The van der Waals surface area contributed by atoms with Crippen molar-refractivity contribution in [2.24, 2.45) is 0 Å². The van der Waals surface area contributed by atoms with Gasteiger partial charge in [0.15, 0.2) is 5.65 Å². The summed E-state index contributed by atoms with van der Waals surface area (Å²) in [5, 5.41) is 8.39. The minimum atomic E-state index is -0.590. The molecule has 15 heteroatoms. The Hall–Kier alpha value is -5.90. The molecule has 0 bridgehead atoms. The molecule has 7 heterocycles. The molecule has 0 spiro atoms. The zero-order valence-corrected chi connectivity index (χ0v) is 35.2. The molecule has 62 heavy (non-hydrogen) atoms. The number of likely N-dealkylation sites (tertiary alicyclic amines) is 2. The Morgan fingerprint density at radius 2 is 1.53 bits per heavy atom. The molecule has 3 aromatic carbocycles. The summed E-state index contributed by atoms with van der Waals surface area (Å²) in [7, 11) is 0. The zero-order chi connectivity index (χ0) is 42.2. The predicted octanol–water partition coefficient (Wildman–Crippen LogP) is 4.94. The molecular formula is C47H55N11O4. The first-order valence-electron chi connectivity index (χ1n) is 22.4. The van der Waals surface area contributed by atoms with Crippen molar-refractivity contribution in [1.82, 2.24) is 44.7 Å². The van der Waals surface area contributed by atoms with Crippen LogP contribution in [0.3, 0.4) is 0 Å². The van der Waals surface area contributed by atoms with Crippen molar-refractivity contribution in [2.45, 2.75) is 69.6 Å². The van der Waals surface area contributed by atoms with Crippen molar-refractivity contribution in [3.05, 3.63) is 90.3 Å². The Bertz CT molecular complexity index is 2430. The summed E-state index contributed by atoms with van der Waals surface area (Å²) in [6, 6.07) is 24.0. The largest absolute Gasteiger partial charge is 0.457 e. The number of carbonyl (C=O) groups excluding carboxylic acids is 3. The van der Waals surface area contributed by atoms with Crippen molar-refractivity contribution in [1.29, 1.82) is 0 Å². The van der Waals surface area contributed by atoms with Gasteiger partial charge in [-0.1, -0.05) is 18.2 Å². The van der Waals surface area contributed by atoms with Crippen molar-refractivity contribution < 1.29 is 19.1 Å². The first kappa shape index (κ1) is 40.2. The Morgan fingerprint density at radius 1 is 0.774 bits per heavy atom. The van der Waals surface area contributed by atoms with Crippen LogP contribution in [0.25, 0.3) is 22.3 Å². The van der Waals surface area contributed by atoms with Crippen LogP contribution in [-0.4, -0.2) is 135 Å². The van der Waals surface area contributed by atoms with Crippen LogP contribution in [0, 0.1) is 0 Å². The summed E-state index contributed by atoms with van der Waals surface area (Å²) in [6.45, 7) is 10.9. The highest BCUT2D eigenvalue weighted by Crippen LogP contribution is 2.36. The minimum absolute atomic E-state index is 0.125. The smallest absolute Gasteiger partial charge is 0.255 e. The third-order valence-electron chi connectivity index (χ3n) is 13.7. The van der Waals surface area contributed by atoms with Crippen LogP contribution in [0.1, 0.15) is 66.9 Å². The standard InChI is InChI=1S/C47H55N11O4/c48-44-42-43(32-9-12-38(13-10-32)62-37-7-2-1-3-8-37)52-58(45(42)50-31-49-44)36-6-4-21-56(30-36)34-17-22-53(23-18-34)19-5-20-54-24-26-55(27-25-54)35-11-14-39-33(28-35)29-57(47(39)61)40-15-16-41(59)51-46(40)60/h1-3,7-14,28,31,34,36,40H,4-6,15-27,29-30H2,(H2,48,49,50)(H,51,59,60)/t36-,40?/m1/s1. The van der Waals surface area contributed by atoms with Gasteiger partial charge in [-0.2, -0.15) is 5.10 Å². The Kier molecular flexibility index (Phi) is 11.3. The molecule has 2 atom stereocenters. The Labute approximate surface area is 361 Å². The number of hydrogen-bond donors (Lipinski definition) is 2. The lowest BCUT2D eigenvalue weighted by molar-refractivity contribution is -0.136. The van der Waals surface area contributed by atoms with E-state index in [1.807, 2.05) is 66.7 Å². The van der Waals surface area contributed by atoms with Crippen LogP contribution in [-0.2, 0) is 16.1 Å². The molecule has 5 aromatic rings. The van der Waals surface area contributed by atoms with Crippen LogP contribution in [0.2, 0.25) is 0 Å². The van der Waals surface area contributed by atoms with E-state index in [9.17, 15) is 14.4 Å². The summed E-state index contributed by atoms with van der Waals surface area (Å²) in [5.41, 5.74) is 11.8. The van der Waals surface area contributed by atoms with Gasteiger partial charge in [-0.3, -0.25) is 29.5 Å². The van der Waals surface area contributed by atoms with E-state index in [1.165, 1.54) is 12.8 Å². The fourth-order valence-electron chi connectivity index (χ4n) is 10.3. The van der Waals surface area contributed by atoms with Crippen LogP contribution in [0.5, 0.6) is 11.5 Å². The van der Waals surface area contributed by atoms with Gasteiger partial charge in [0.2, 0.25) is 11.8 Å². The predicted molar refractivity (Wildman–Crippen MR) is 237 cm³/mol. The number of ether oxygens (including phenoxy) is 1. The molecule has 0 radical (unpaired) electrons. The number of fused-ring (bicyclic) bond motifs is 2. The second-order valence-corrected chi connectivity index (χ2v) is 17.5. The van der Waals surface area contributed by atoms with Gasteiger partial charge in [0.25, 0.3) is 5.91 Å². The number of hydrogen-bond acceptors (Lipinski definition) is 12. The Balaban J connectivity index is 0.687. The summed E-state index contributed by atoms with van der Waals surface area (Å²) in [6.07, 6.45) is 7.88. The lowest BCUT2D eigenvalue weighted by atomic mass is 9.98. The summed E-state index contributed by atoms with van der Waals surface area (Å²) in [4.78, 5) is 58.3. The maximum absolute atomic E-state index is 13.2. The van der Waals surface area contributed by atoms with E-state index in [2.05, 4.69) is 40.6 Å². The van der Waals surface area contributed by atoms with Gasteiger partial charge in [-0.05, 0) is 131 Å². The number of aromatic nitrogens is 4. The second-order valence-electron chi connectivity index (χ2n) is 17.5. The molecule has 5 aliphatic rings. The average molecular weight is 838 g/mol. The van der Waals surface area contributed by atoms with Gasteiger partial charge in [0.05, 0.1) is 11.4 Å². The summed E-state index contributed by atoms with van der Waals surface area (Å²) < 4.78 is 8.16. The lowest BCUT2D eigenvalue weighted by Crippen LogP contribution is -2.52. The average Bonchev–Trinajstić information content (AvgIpc) is 3.86. The number of carbonyl (C=O) groups is 3. The van der Waals surface area contributed by atoms with Gasteiger partial charge >= 0.3 is 0 Å². The third kappa shape index (κ3) is 8.24. The number of nitrogens with one attached hydrogen (secondary N) is 1. The van der Waals surface area contributed by atoms with E-state index < -0.39 is 6.04 Å². The molecule has 5 aliphatic heterocycles. The molecular weight excluding hydrogens is 783 g/mol. The molecule has 3 N–H and O–H groups in total. The second kappa shape index (κ2) is 17.5. The van der Waals surface area contributed by atoms with Crippen molar-refractivity contribution in [3.63, 3.8) is 0 Å². The van der Waals surface area contributed by atoms with Crippen LogP contribution in [0.15, 0.2) is 79.1 Å². The number of benzene rings is 3. The maximum atomic E-state index is 13.2.